The van der Waals surface area contributed by atoms with Crippen LogP contribution >= 0.6 is 11.6 Å². The van der Waals surface area contributed by atoms with Crippen LogP contribution in [0.5, 0.6) is 0 Å². The molecule has 2 aromatic carbocycles. The average Bonchev–Trinajstić information content (AvgIpc) is 2.50. The van der Waals surface area contributed by atoms with E-state index in [0.29, 0.717) is 10.7 Å². The number of hydrogen-bond acceptors (Lipinski definition) is 2. The van der Waals surface area contributed by atoms with Crippen molar-refractivity contribution < 1.29 is 14.7 Å². The highest BCUT2D eigenvalue weighted by Crippen LogP contribution is 2.13. The molecule has 2 rings (SSSR count). The van der Waals surface area contributed by atoms with Crippen molar-refractivity contribution in [3.05, 3.63) is 65.2 Å². The van der Waals surface area contributed by atoms with Gasteiger partial charge in [0.05, 0.1) is 0 Å². The quantitative estimate of drug-likeness (QED) is 0.792. The third-order valence-electron chi connectivity index (χ3n) is 2.99. The second kappa shape index (κ2) is 7.47. The van der Waals surface area contributed by atoms with E-state index in [1.807, 2.05) is 30.3 Å². The van der Waals surface area contributed by atoms with E-state index in [1.54, 1.807) is 24.3 Å². The Bertz CT molecular complexity index is 644. The molecule has 0 heterocycles. The van der Waals surface area contributed by atoms with E-state index in [4.69, 9.17) is 11.6 Å². The van der Waals surface area contributed by atoms with Gasteiger partial charge in [-0.3, -0.25) is 0 Å². The minimum atomic E-state index is -1.09. The number of carboxylic acid groups (broad SMARTS) is 1. The zero-order valence-electron chi connectivity index (χ0n) is 11.6. The van der Waals surface area contributed by atoms with Crippen LogP contribution in [0.2, 0.25) is 5.02 Å². The number of anilines is 1. The maximum Gasteiger partial charge on any atom is 0.326 e. The van der Waals surface area contributed by atoms with Crippen LogP contribution in [0, 0.1) is 0 Å². The number of nitrogens with one attached hydrogen (secondary N) is 2. The van der Waals surface area contributed by atoms with Crippen LogP contribution < -0.4 is 10.6 Å². The van der Waals surface area contributed by atoms with Crippen molar-refractivity contribution in [1.29, 1.82) is 0 Å². The number of carboxylic acids is 1. The fourth-order valence-electron chi connectivity index (χ4n) is 1.91. The number of benzene rings is 2. The lowest BCUT2D eigenvalue weighted by Crippen LogP contribution is -2.44. The lowest BCUT2D eigenvalue weighted by atomic mass is 10.1. The molecule has 114 valence electrons. The fraction of sp³-hybridized carbons (Fsp3) is 0.125. The van der Waals surface area contributed by atoms with E-state index in [0.717, 1.165) is 5.56 Å². The first-order valence-electron chi connectivity index (χ1n) is 6.64. The van der Waals surface area contributed by atoms with Gasteiger partial charge in [-0.2, -0.15) is 0 Å². The van der Waals surface area contributed by atoms with Crippen LogP contribution in [-0.4, -0.2) is 23.1 Å². The first kappa shape index (κ1) is 15.9. The van der Waals surface area contributed by atoms with Crippen LogP contribution in [-0.2, 0) is 11.2 Å². The molecule has 0 aromatic heterocycles. The Labute approximate surface area is 132 Å². The zero-order valence-corrected chi connectivity index (χ0v) is 12.4. The summed E-state index contributed by atoms with van der Waals surface area (Å²) in [5.41, 5.74) is 1.37. The summed E-state index contributed by atoms with van der Waals surface area (Å²) in [5, 5.41) is 14.8. The molecule has 0 radical (unpaired) electrons. The predicted molar refractivity (Wildman–Crippen MR) is 85.2 cm³/mol. The highest BCUT2D eigenvalue weighted by atomic mass is 35.5. The summed E-state index contributed by atoms with van der Waals surface area (Å²) in [5.74, 6) is -1.09. The van der Waals surface area contributed by atoms with Gasteiger partial charge in [-0.15, -0.1) is 0 Å². The smallest absolute Gasteiger partial charge is 0.326 e. The molecule has 6 heteroatoms. The number of carbonyl (C=O) groups is 2. The minimum absolute atomic E-state index is 0.213. The molecule has 0 bridgehead atoms. The highest BCUT2D eigenvalue weighted by molar-refractivity contribution is 6.30. The maximum atomic E-state index is 11.9. The number of aliphatic carboxylic acids is 1. The van der Waals surface area contributed by atoms with E-state index in [-0.39, 0.29) is 6.42 Å². The van der Waals surface area contributed by atoms with Crippen LogP contribution in [0.25, 0.3) is 0 Å². The first-order valence-corrected chi connectivity index (χ1v) is 7.02. The van der Waals surface area contributed by atoms with Gasteiger partial charge in [0.1, 0.15) is 6.04 Å². The molecule has 5 nitrogen and oxygen atoms in total. The molecular formula is C16H15ClN2O3. The third-order valence-corrected chi connectivity index (χ3v) is 3.24. The van der Waals surface area contributed by atoms with Gasteiger partial charge in [0.2, 0.25) is 0 Å². The van der Waals surface area contributed by atoms with Gasteiger partial charge < -0.3 is 15.7 Å². The van der Waals surface area contributed by atoms with Crippen molar-refractivity contribution >= 4 is 29.3 Å². The second-order valence-electron chi connectivity index (χ2n) is 4.69. The predicted octanol–water partition coefficient (Wildman–Crippen LogP) is 3.16. The summed E-state index contributed by atoms with van der Waals surface area (Å²) in [7, 11) is 0. The van der Waals surface area contributed by atoms with Gasteiger partial charge in [0.15, 0.2) is 0 Å². The molecule has 2 amide bonds. The van der Waals surface area contributed by atoms with Crippen LogP contribution in [0.15, 0.2) is 54.6 Å². The Morgan fingerprint density at radius 1 is 1.05 bits per heavy atom. The first-order chi connectivity index (χ1) is 10.5. The largest absolute Gasteiger partial charge is 0.480 e. The zero-order chi connectivity index (χ0) is 15.9. The molecule has 0 aliphatic carbocycles. The van der Waals surface area contributed by atoms with Crippen molar-refractivity contribution in [1.82, 2.24) is 5.32 Å². The summed E-state index contributed by atoms with van der Waals surface area (Å²) >= 11 is 5.76. The average molecular weight is 319 g/mol. The minimum Gasteiger partial charge on any atom is -0.480 e. The van der Waals surface area contributed by atoms with Gasteiger partial charge in [0.25, 0.3) is 0 Å². The molecule has 0 unspecified atom stereocenters. The van der Waals surface area contributed by atoms with Gasteiger partial charge in [-0.1, -0.05) is 41.9 Å². The number of amides is 2. The standard InChI is InChI=1S/C16H15ClN2O3/c17-12-6-8-13(9-7-12)18-16(22)19-14(15(20)21)10-11-4-2-1-3-5-11/h1-9,14H,10H2,(H,20,21)(H2,18,19,22)/t14-/m1/s1. The van der Waals surface area contributed by atoms with Gasteiger partial charge in [0, 0.05) is 17.1 Å². The fourth-order valence-corrected chi connectivity index (χ4v) is 2.03. The summed E-state index contributed by atoms with van der Waals surface area (Å²) < 4.78 is 0. The molecule has 0 spiro atoms. The Hall–Kier alpha value is -2.53. The molecule has 2 aromatic rings. The third kappa shape index (κ3) is 4.79. The second-order valence-corrected chi connectivity index (χ2v) is 5.12. The SMILES string of the molecule is O=C(Nc1ccc(Cl)cc1)N[C@H](Cc1ccccc1)C(=O)O. The molecule has 0 aliphatic heterocycles. The molecule has 22 heavy (non-hydrogen) atoms. The van der Waals surface area contributed by atoms with Crippen LogP contribution in [0.3, 0.4) is 0 Å². The molecule has 3 N–H and O–H groups in total. The van der Waals surface area contributed by atoms with E-state index >= 15 is 0 Å². The van der Waals surface area contributed by atoms with Crippen molar-refractivity contribution in [2.45, 2.75) is 12.5 Å². The maximum absolute atomic E-state index is 11.9. The van der Waals surface area contributed by atoms with Gasteiger partial charge >= 0.3 is 12.0 Å². The highest BCUT2D eigenvalue weighted by Gasteiger charge is 2.20. The van der Waals surface area contributed by atoms with E-state index in [9.17, 15) is 14.7 Å². The van der Waals surface area contributed by atoms with Crippen LogP contribution in [0.4, 0.5) is 10.5 Å². The summed E-state index contributed by atoms with van der Waals surface area (Å²) in [4.78, 5) is 23.2. The van der Waals surface area contributed by atoms with Crippen molar-refractivity contribution in [3.8, 4) is 0 Å². The topological polar surface area (TPSA) is 78.4 Å². The molecule has 0 saturated carbocycles. The number of halogens is 1. The molecule has 0 fully saturated rings. The Morgan fingerprint density at radius 3 is 2.27 bits per heavy atom. The number of rotatable bonds is 5. The van der Waals surface area contributed by atoms with Crippen molar-refractivity contribution in [2.24, 2.45) is 0 Å². The molecule has 0 saturated heterocycles. The number of urea groups is 1. The molecule has 0 aliphatic rings. The van der Waals surface area contributed by atoms with Gasteiger partial charge in [-0.05, 0) is 29.8 Å². The Balaban J connectivity index is 1.97. The Kier molecular flexibility index (Phi) is 5.38. The van der Waals surface area contributed by atoms with E-state index in [1.165, 1.54) is 0 Å². The number of hydrogen-bond donors (Lipinski definition) is 3. The van der Waals surface area contributed by atoms with E-state index < -0.39 is 18.0 Å². The number of carbonyl (C=O) groups excluding carboxylic acids is 1. The summed E-state index contributed by atoms with van der Waals surface area (Å²) in [6, 6.07) is 14.1. The summed E-state index contributed by atoms with van der Waals surface area (Å²) in [6.45, 7) is 0. The molecule has 1 atom stereocenters. The monoisotopic (exact) mass is 318 g/mol. The molecular weight excluding hydrogens is 304 g/mol. The van der Waals surface area contributed by atoms with Crippen molar-refractivity contribution in [3.63, 3.8) is 0 Å². The Morgan fingerprint density at radius 2 is 1.68 bits per heavy atom. The van der Waals surface area contributed by atoms with Gasteiger partial charge in [-0.25, -0.2) is 9.59 Å². The lowest BCUT2D eigenvalue weighted by molar-refractivity contribution is -0.139. The van der Waals surface area contributed by atoms with Crippen LogP contribution in [0.1, 0.15) is 5.56 Å². The lowest BCUT2D eigenvalue weighted by Gasteiger charge is -2.15. The van der Waals surface area contributed by atoms with Crippen molar-refractivity contribution in [2.75, 3.05) is 5.32 Å². The van der Waals surface area contributed by atoms with E-state index in [2.05, 4.69) is 10.6 Å². The summed E-state index contributed by atoms with van der Waals surface area (Å²) in [6.07, 6.45) is 0.213. The normalized spacial score (nSPS) is 11.5.